The molecule has 0 aromatic heterocycles. The van der Waals surface area contributed by atoms with E-state index in [1.807, 2.05) is 26.8 Å². The van der Waals surface area contributed by atoms with Crippen LogP contribution in [-0.2, 0) is 4.79 Å². The van der Waals surface area contributed by atoms with Gasteiger partial charge in [0.25, 0.3) is 0 Å². The summed E-state index contributed by atoms with van der Waals surface area (Å²) >= 11 is 0. The molecule has 0 aromatic carbocycles. The van der Waals surface area contributed by atoms with E-state index in [1.54, 1.807) is 0 Å². The largest absolute Gasteiger partial charge is 0.480 e. The Labute approximate surface area is 178 Å². The number of hydrogen-bond acceptors (Lipinski definition) is 2. The van der Waals surface area contributed by atoms with Gasteiger partial charge in [0.2, 0.25) is 0 Å². The Morgan fingerprint density at radius 1 is 1.21 bits per heavy atom. The van der Waals surface area contributed by atoms with Crippen molar-refractivity contribution in [3.8, 4) is 0 Å². The Morgan fingerprint density at radius 3 is 2.48 bits per heavy atom. The van der Waals surface area contributed by atoms with Crippen molar-refractivity contribution in [3.63, 3.8) is 0 Å². The van der Waals surface area contributed by atoms with Crippen LogP contribution in [-0.4, -0.2) is 23.7 Å². The minimum atomic E-state index is -0.780. The number of aliphatic carboxylic acids is 1. The molecule has 0 radical (unpaired) electrons. The quantitative estimate of drug-likeness (QED) is 0.406. The minimum Gasteiger partial charge on any atom is -0.480 e. The Hall–Kier alpha value is -1.87. The van der Waals surface area contributed by atoms with Crippen LogP contribution in [0, 0.1) is 11.3 Å². The lowest BCUT2D eigenvalue weighted by molar-refractivity contribution is -0.139. The zero-order chi connectivity index (χ0) is 22.0. The summed E-state index contributed by atoms with van der Waals surface area (Å²) < 4.78 is 0. The van der Waals surface area contributed by atoms with Crippen LogP contribution in [0.5, 0.6) is 0 Å². The highest BCUT2D eigenvalue weighted by molar-refractivity contribution is 5.73. The van der Waals surface area contributed by atoms with Crippen molar-refractivity contribution in [1.29, 1.82) is 0 Å². The maximum atomic E-state index is 11.3. The van der Waals surface area contributed by atoms with Gasteiger partial charge in [0, 0.05) is 6.54 Å². The molecular weight excluding hydrogens is 358 g/mol. The Kier molecular flexibility index (Phi) is 10.4. The van der Waals surface area contributed by atoms with E-state index >= 15 is 0 Å². The maximum absolute atomic E-state index is 11.3. The molecule has 1 atom stereocenters. The molecular formula is C26H41NO2. The van der Waals surface area contributed by atoms with Gasteiger partial charge in [-0.25, -0.2) is 0 Å². The van der Waals surface area contributed by atoms with Gasteiger partial charge in [-0.3, -0.25) is 4.79 Å². The summed E-state index contributed by atoms with van der Waals surface area (Å²) in [5.74, 6) is -0.425. The van der Waals surface area contributed by atoms with Crippen molar-refractivity contribution in [3.05, 3.63) is 58.7 Å². The average Bonchev–Trinajstić information content (AvgIpc) is 2.59. The van der Waals surface area contributed by atoms with Crippen molar-refractivity contribution in [2.45, 2.75) is 80.2 Å². The summed E-state index contributed by atoms with van der Waals surface area (Å²) in [4.78, 5) is 11.3. The molecule has 1 aliphatic carbocycles. The van der Waals surface area contributed by atoms with E-state index in [0.717, 1.165) is 5.57 Å². The SMILES string of the molecule is CC1=C(/C=C/C(C)=C/C=C/C(C)=C/CNC(CC(C)C)C(=O)O)C(C)(C)CCC1. The number of carboxylic acids is 1. The molecule has 3 heteroatoms. The van der Waals surface area contributed by atoms with Crippen molar-refractivity contribution in [2.75, 3.05) is 6.54 Å². The summed E-state index contributed by atoms with van der Waals surface area (Å²) in [5, 5.41) is 12.4. The topological polar surface area (TPSA) is 49.3 Å². The molecule has 1 unspecified atom stereocenters. The molecule has 0 fully saturated rings. The fourth-order valence-electron chi connectivity index (χ4n) is 3.81. The van der Waals surface area contributed by atoms with Crippen molar-refractivity contribution < 1.29 is 9.90 Å². The predicted octanol–water partition coefficient (Wildman–Crippen LogP) is 6.61. The van der Waals surface area contributed by atoms with Gasteiger partial charge < -0.3 is 10.4 Å². The standard InChI is InChI=1S/C26H41NO2/c1-19(2)18-24(25(28)29)27-17-15-21(4)11-8-10-20(3)13-14-23-22(5)12-9-16-26(23,6)7/h8,10-11,13-15,19,24,27H,9,12,16-18H2,1-7H3,(H,28,29)/b11-8+,14-13+,20-10+,21-15+. The Morgan fingerprint density at radius 2 is 1.90 bits per heavy atom. The van der Waals surface area contributed by atoms with Crippen LogP contribution in [0.4, 0.5) is 0 Å². The molecule has 0 heterocycles. The first-order valence-electron chi connectivity index (χ1n) is 10.9. The minimum absolute atomic E-state index is 0.269. The molecule has 0 saturated heterocycles. The summed E-state index contributed by atoms with van der Waals surface area (Å²) in [5.41, 5.74) is 5.61. The summed E-state index contributed by atoms with van der Waals surface area (Å²) in [6, 6.07) is -0.489. The molecule has 0 amide bonds. The monoisotopic (exact) mass is 399 g/mol. The van der Waals surface area contributed by atoms with Gasteiger partial charge >= 0.3 is 5.97 Å². The smallest absolute Gasteiger partial charge is 0.320 e. The van der Waals surface area contributed by atoms with E-state index in [-0.39, 0.29) is 5.41 Å². The third kappa shape index (κ3) is 9.45. The number of carbonyl (C=O) groups is 1. The van der Waals surface area contributed by atoms with Crippen molar-refractivity contribution in [2.24, 2.45) is 11.3 Å². The van der Waals surface area contributed by atoms with E-state index in [0.29, 0.717) is 18.9 Å². The lowest BCUT2D eigenvalue weighted by atomic mass is 9.72. The highest BCUT2D eigenvalue weighted by Gasteiger charge is 2.26. The number of hydrogen-bond donors (Lipinski definition) is 2. The van der Waals surface area contributed by atoms with Crippen LogP contribution in [0.2, 0.25) is 0 Å². The third-order valence-electron chi connectivity index (χ3n) is 5.57. The number of rotatable bonds is 10. The van der Waals surface area contributed by atoms with E-state index < -0.39 is 12.0 Å². The number of allylic oxidation sites excluding steroid dienone is 9. The average molecular weight is 400 g/mol. The molecule has 1 rings (SSSR count). The maximum Gasteiger partial charge on any atom is 0.320 e. The van der Waals surface area contributed by atoms with Gasteiger partial charge in [-0.05, 0) is 63.4 Å². The molecule has 0 bridgehead atoms. The van der Waals surface area contributed by atoms with Gasteiger partial charge in [0.1, 0.15) is 6.04 Å². The molecule has 0 saturated carbocycles. The molecule has 3 nitrogen and oxygen atoms in total. The van der Waals surface area contributed by atoms with Crippen LogP contribution >= 0.6 is 0 Å². The van der Waals surface area contributed by atoms with E-state index in [2.05, 4.69) is 63.4 Å². The molecule has 29 heavy (non-hydrogen) atoms. The third-order valence-corrected chi connectivity index (χ3v) is 5.57. The first-order chi connectivity index (χ1) is 13.5. The first-order valence-corrected chi connectivity index (χ1v) is 10.9. The molecule has 0 aliphatic heterocycles. The second-order valence-electron chi connectivity index (χ2n) is 9.41. The van der Waals surface area contributed by atoms with Crippen LogP contribution in [0.15, 0.2) is 58.7 Å². The molecule has 0 aromatic rings. The van der Waals surface area contributed by atoms with Gasteiger partial charge in [-0.2, -0.15) is 0 Å². The Bertz CT molecular complexity index is 702. The fraction of sp³-hybridized carbons (Fsp3) is 0.577. The van der Waals surface area contributed by atoms with E-state index in [1.165, 1.54) is 36.0 Å². The van der Waals surface area contributed by atoms with Crippen molar-refractivity contribution in [1.82, 2.24) is 5.32 Å². The van der Waals surface area contributed by atoms with E-state index in [9.17, 15) is 9.90 Å². The second kappa shape index (κ2) is 12.0. The van der Waals surface area contributed by atoms with E-state index in [4.69, 9.17) is 0 Å². The summed E-state index contributed by atoms with van der Waals surface area (Å²) in [7, 11) is 0. The van der Waals surface area contributed by atoms with Gasteiger partial charge in [-0.15, -0.1) is 0 Å². The molecule has 2 N–H and O–H groups in total. The van der Waals surface area contributed by atoms with Crippen LogP contribution in [0.1, 0.15) is 74.1 Å². The summed E-state index contributed by atoms with van der Waals surface area (Å²) in [6.45, 7) is 15.7. The first kappa shape index (κ1) is 25.2. The van der Waals surface area contributed by atoms with Gasteiger partial charge in [0.05, 0.1) is 0 Å². The van der Waals surface area contributed by atoms with Crippen molar-refractivity contribution >= 4 is 5.97 Å². The Balaban J connectivity index is 2.62. The number of nitrogens with one attached hydrogen (secondary N) is 1. The predicted molar refractivity (Wildman–Crippen MR) is 125 cm³/mol. The molecule has 0 spiro atoms. The van der Waals surface area contributed by atoms with Crippen LogP contribution < -0.4 is 5.32 Å². The lowest BCUT2D eigenvalue weighted by Gasteiger charge is -2.32. The highest BCUT2D eigenvalue weighted by atomic mass is 16.4. The highest BCUT2D eigenvalue weighted by Crippen LogP contribution is 2.40. The van der Waals surface area contributed by atoms with Gasteiger partial charge in [-0.1, -0.05) is 80.9 Å². The summed E-state index contributed by atoms with van der Waals surface area (Å²) in [6.07, 6.45) is 17.2. The molecule has 162 valence electrons. The van der Waals surface area contributed by atoms with Gasteiger partial charge in [0.15, 0.2) is 0 Å². The molecule has 1 aliphatic rings. The normalized spacial score (nSPS) is 19.6. The lowest BCUT2D eigenvalue weighted by Crippen LogP contribution is -2.37. The van der Waals surface area contributed by atoms with Crippen LogP contribution in [0.25, 0.3) is 0 Å². The van der Waals surface area contributed by atoms with Crippen LogP contribution in [0.3, 0.4) is 0 Å². The zero-order valence-corrected chi connectivity index (χ0v) is 19.5. The fourth-order valence-corrected chi connectivity index (χ4v) is 3.81. The number of carboxylic acid groups (broad SMARTS) is 1. The zero-order valence-electron chi connectivity index (χ0n) is 19.5. The second-order valence-corrected chi connectivity index (χ2v) is 9.41.